The molecule has 1 N–H and O–H groups in total. The van der Waals surface area contributed by atoms with Crippen molar-refractivity contribution in [1.29, 1.82) is 0 Å². The smallest absolute Gasteiger partial charge is 0.331 e. The van der Waals surface area contributed by atoms with Gasteiger partial charge in [-0.25, -0.2) is 4.79 Å². The highest BCUT2D eigenvalue weighted by atomic mass is 16.5. The van der Waals surface area contributed by atoms with Gasteiger partial charge >= 0.3 is 5.97 Å². The molecule has 0 aliphatic heterocycles. The van der Waals surface area contributed by atoms with E-state index in [1.54, 1.807) is 7.11 Å². The average molecular weight is 279 g/mol. The van der Waals surface area contributed by atoms with Crippen LogP contribution in [0, 0.1) is 0 Å². The summed E-state index contributed by atoms with van der Waals surface area (Å²) in [5, 5.41) is 3.35. The first kappa shape index (κ1) is 16.3. The first-order valence-corrected chi connectivity index (χ1v) is 7.13. The summed E-state index contributed by atoms with van der Waals surface area (Å²) in [4.78, 5) is 12.2. The normalized spacial score (nSPS) is 13.4. The summed E-state index contributed by atoms with van der Waals surface area (Å²) in [6, 6.07) is 7.61. The number of methoxy groups -OCH3 is 2. The van der Waals surface area contributed by atoms with Gasteiger partial charge in [0.25, 0.3) is 0 Å². The van der Waals surface area contributed by atoms with Gasteiger partial charge in [-0.2, -0.15) is 0 Å². The van der Waals surface area contributed by atoms with Crippen LogP contribution in [-0.2, 0) is 9.53 Å². The summed E-state index contributed by atoms with van der Waals surface area (Å²) in [6.07, 6.45) is 3.40. The third-order valence-corrected chi connectivity index (χ3v) is 3.62. The second kappa shape index (κ2) is 7.78. The zero-order valence-electron chi connectivity index (χ0n) is 12.9. The van der Waals surface area contributed by atoms with Gasteiger partial charge in [-0.15, -0.1) is 0 Å². The number of ether oxygens (including phenoxy) is 2. The average Bonchev–Trinajstić information content (AvgIpc) is 2.51. The molecule has 1 aromatic rings. The Hall–Kier alpha value is -1.71. The molecule has 0 saturated carbocycles. The Morgan fingerprint density at radius 3 is 2.50 bits per heavy atom. The molecule has 0 heterocycles. The Balaban J connectivity index is 3.07. The van der Waals surface area contributed by atoms with Crippen LogP contribution in [0.4, 0.5) is 5.69 Å². The summed E-state index contributed by atoms with van der Waals surface area (Å²) < 4.78 is 10.3. The lowest BCUT2D eigenvalue weighted by molar-refractivity contribution is -0.146. The van der Waals surface area contributed by atoms with Crippen LogP contribution in [0.15, 0.2) is 24.3 Å². The van der Waals surface area contributed by atoms with Crippen LogP contribution in [0.2, 0.25) is 0 Å². The van der Waals surface area contributed by atoms with E-state index in [0.717, 1.165) is 30.7 Å². The molecule has 112 valence electrons. The third kappa shape index (κ3) is 3.65. The Morgan fingerprint density at radius 1 is 1.25 bits per heavy atom. The van der Waals surface area contributed by atoms with Crippen LogP contribution < -0.4 is 10.1 Å². The van der Waals surface area contributed by atoms with Gasteiger partial charge in [-0.1, -0.05) is 38.8 Å². The molecule has 1 unspecified atom stereocenters. The number of hydrogen-bond acceptors (Lipinski definition) is 4. The van der Waals surface area contributed by atoms with Gasteiger partial charge < -0.3 is 14.8 Å². The quantitative estimate of drug-likeness (QED) is 0.738. The first-order chi connectivity index (χ1) is 9.63. The molecule has 0 aliphatic rings. The van der Waals surface area contributed by atoms with Crippen LogP contribution in [0.1, 0.15) is 39.5 Å². The van der Waals surface area contributed by atoms with E-state index < -0.39 is 5.54 Å². The van der Waals surface area contributed by atoms with Crippen molar-refractivity contribution in [2.24, 2.45) is 0 Å². The molecule has 4 nitrogen and oxygen atoms in total. The highest BCUT2D eigenvalue weighted by Crippen LogP contribution is 2.31. The second-order valence-corrected chi connectivity index (χ2v) is 4.86. The lowest BCUT2D eigenvalue weighted by atomic mass is 9.89. The van der Waals surface area contributed by atoms with Crippen LogP contribution in [0.5, 0.6) is 5.75 Å². The minimum Gasteiger partial charge on any atom is -0.495 e. The summed E-state index contributed by atoms with van der Waals surface area (Å²) in [6.45, 7) is 4.11. The molecule has 0 saturated heterocycles. The number of anilines is 1. The maximum atomic E-state index is 12.2. The van der Waals surface area contributed by atoms with E-state index in [1.807, 2.05) is 31.2 Å². The Bertz CT molecular complexity index is 433. The fourth-order valence-corrected chi connectivity index (χ4v) is 2.30. The zero-order chi connectivity index (χ0) is 15.0. The van der Waals surface area contributed by atoms with E-state index in [9.17, 15) is 4.79 Å². The van der Waals surface area contributed by atoms with Crippen molar-refractivity contribution in [3.63, 3.8) is 0 Å². The topological polar surface area (TPSA) is 47.6 Å². The molecule has 4 heteroatoms. The van der Waals surface area contributed by atoms with E-state index in [0.29, 0.717) is 6.42 Å². The van der Waals surface area contributed by atoms with Gasteiger partial charge in [0, 0.05) is 0 Å². The number of nitrogens with one attached hydrogen (secondary N) is 1. The summed E-state index contributed by atoms with van der Waals surface area (Å²) in [5.74, 6) is 0.505. The molecule has 20 heavy (non-hydrogen) atoms. The van der Waals surface area contributed by atoms with Gasteiger partial charge in [-0.05, 0) is 25.0 Å². The van der Waals surface area contributed by atoms with Gasteiger partial charge in [-0.3, -0.25) is 0 Å². The number of benzene rings is 1. The Morgan fingerprint density at radius 2 is 1.95 bits per heavy atom. The minimum atomic E-state index is -0.695. The molecule has 1 atom stereocenters. The summed E-state index contributed by atoms with van der Waals surface area (Å²) in [5.41, 5.74) is 0.123. The number of carbonyl (C=O) groups excluding carboxylic acids is 1. The second-order valence-electron chi connectivity index (χ2n) is 4.86. The molecule has 0 spiro atoms. The number of carbonyl (C=O) groups is 1. The van der Waals surface area contributed by atoms with Crippen molar-refractivity contribution >= 4 is 11.7 Å². The highest BCUT2D eigenvalue weighted by Gasteiger charge is 2.37. The maximum absolute atomic E-state index is 12.2. The van der Waals surface area contributed by atoms with E-state index in [-0.39, 0.29) is 5.97 Å². The zero-order valence-corrected chi connectivity index (χ0v) is 12.9. The van der Waals surface area contributed by atoms with Gasteiger partial charge in [0.15, 0.2) is 0 Å². The molecule has 0 aromatic heterocycles. The van der Waals surface area contributed by atoms with Crippen LogP contribution in [-0.4, -0.2) is 25.7 Å². The van der Waals surface area contributed by atoms with Crippen molar-refractivity contribution in [2.75, 3.05) is 19.5 Å². The fourth-order valence-electron chi connectivity index (χ4n) is 2.30. The van der Waals surface area contributed by atoms with Gasteiger partial charge in [0.05, 0.1) is 19.9 Å². The van der Waals surface area contributed by atoms with Crippen molar-refractivity contribution in [2.45, 2.75) is 45.1 Å². The first-order valence-electron chi connectivity index (χ1n) is 7.13. The number of esters is 1. The van der Waals surface area contributed by atoms with Crippen molar-refractivity contribution in [3.8, 4) is 5.75 Å². The largest absolute Gasteiger partial charge is 0.495 e. The van der Waals surface area contributed by atoms with E-state index in [4.69, 9.17) is 9.47 Å². The molecule has 0 bridgehead atoms. The SMILES string of the molecule is CCCCC(CC)(Nc1ccccc1OC)C(=O)OC. The Kier molecular flexibility index (Phi) is 6.36. The Labute approximate surface area is 121 Å². The number of para-hydroxylation sites is 2. The monoisotopic (exact) mass is 279 g/mol. The minimum absolute atomic E-state index is 0.223. The summed E-state index contributed by atoms with van der Waals surface area (Å²) >= 11 is 0. The number of unbranched alkanes of at least 4 members (excludes halogenated alkanes) is 1. The third-order valence-electron chi connectivity index (χ3n) is 3.62. The van der Waals surface area contributed by atoms with Crippen LogP contribution in [0.25, 0.3) is 0 Å². The maximum Gasteiger partial charge on any atom is 0.331 e. The lowest BCUT2D eigenvalue weighted by Crippen LogP contribution is -2.46. The van der Waals surface area contributed by atoms with E-state index in [1.165, 1.54) is 7.11 Å². The van der Waals surface area contributed by atoms with Crippen LogP contribution >= 0.6 is 0 Å². The van der Waals surface area contributed by atoms with Gasteiger partial charge in [0.2, 0.25) is 0 Å². The molecule has 1 rings (SSSR count). The van der Waals surface area contributed by atoms with Crippen molar-refractivity contribution in [1.82, 2.24) is 0 Å². The predicted octanol–water partition coefficient (Wildman–Crippen LogP) is 3.62. The molecule has 0 fully saturated rings. The summed E-state index contributed by atoms with van der Waals surface area (Å²) in [7, 11) is 3.06. The molecular formula is C16H25NO3. The van der Waals surface area contributed by atoms with Gasteiger partial charge in [0.1, 0.15) is 11.3 Å². The molecule has 0 aliphatic carbocycles. The van der Waals surface area contributed by atoms with E-state index in [2.05, 4.69) is 12.2 Å². The molecule has 0 radical (unpaired) electrons. The van der Waals surface area contributed by atoms with Crippen LogP contribution in [0.3, 0.4) is 0 Å². The predicted molar refractivity (Wildman–Crippen MR) is 81.2 cm³/mol. The molecular weight excluding hydrogens is 254 g/mol. The van der Waals surface area contributed by atoms with Crippen molar-refractivity contribution in [3.05, 3.63) is 24.3 Å². The number of hydrogen-bond donors (Lipinski definition) is 1. The highest BCUT2D eigenvalue weighted by molar-refractivity contribution is 5.85. The molecule has 0 amide bonds. The standard InChI is InChI=1S/C16H25NO3/c1-5-7-12-16(6-2,15(18)20-4)17-13-10-8-9-11-14(13)19-3/h8-11,17H,5-7,12H2,1-4H3. The van der Waals surface area contributed by atoms with E-state index >= 15 is 0 Å². The number of rotatable bonds is 8. The van der Waals surface area contributed by atoms with Crippen molar-refractivity contribution < 1.29 is 14.3 Å². The lowest BCUT2D eigenvalue weighted by Gasteiger charge is -2.32. The fraction of sp³-hybridized carbons (Fsp3) is 0.562. The molecule has 1 aromatic carbocycles.